The summed E-state index contributed by atoms with van der Waals surface area (Å²) in [6.45, 7) is 18.6. The Bertz CT molecular complexity index is 4470. The highest BCUT2D eigenvalue weighted by Gasteiger charge is 2.31. The maximum atomic E-state index is 14.2. The molecule has 2 heterocycles. The number of benzene rings is 11. The second-order valence-electron chi connectivity index (χ2n) is 21.1. The average Bonchev–Trinajstić information content (AvgIpc) is 3.98. The third kappa shape index (κ3) is 8.74. The molecule has 0 fully saturated rings. The highest BCUT2D eigenvalue weighted by Crippen LogP contribution is 2.46. The van der Waals surface area contributed by atoms with Gasteiger partial charge in [0.05, 0.1) is 45.6 Å². The van der Waals surface area contributed by atoms with Gasteiger partial charge in [0.2, 0.25) is 0 Å². The fraction of sp³-hybridized carbons (Fsp3) is 0.0822. The number of aromatic nitrogens is 2. The maximum absolute atomic E-state index is 14.2. The fourth-order valence-corrected chi connectivity index (χ4v) is 11.9. The predicted octanol–water partition coefficient (Wildman–Crippen LogP) is 21.0. The van der Waals surface area contributed by atoms with E-state index in [0.29, 0.717) is 16.8 Å². The number of rotatable bonds is 8. The topological polar surface area (TPSA) is 14.2 Å². The Labute approximate surface area is 457 Å². The summed E-state index contributed by atoms with van der Waals surface area (Å²) in [5.74, 6) is 0. The number of nitrogens with zero attached hydrogens (tertiary/aromatic N) is 3. The van der Waals surface area contributed by atoms with Crippen molar-refractivity contribution in [2.75, 3.05) is 0 Å². The van der Waals surface area contributed by atoms with Gasteiger partial charge in [-0.1, -0.05) is 168 Å². The molecule has 0 bridgehead atoms. The molecule has 2 aromatic heterocycles. The van der Waals surface area contributed by atoms with E-state index in [1.54, 1.807) is 13.0 Å². The first-order valence-electron chi connectivity index (χ1n) is 26.6. The van der Waals surface area contributed by atoms with Crippen molar-refractivity contribution < 1.29 is 13.2 Å². The van der Waals surface area contributed by atoms with Crippen LogP contribution in [0, 0.1) is 41.2 Å². The van der Waals surface area contributed by atoms with Crippen molar-refractivity contribution >= 4 is 49.3 Å². The lowest BCUT2D eigenvalue weighted by molar-refractivity contribution is -0.137. The number of hydrogen-bond donors (Lipinski definition) is 0. The van der Waals surface area contributed by atoms with Gasteiger partial charge in [-0.05, 0) is 180 Å². The molecule has 3 nitrogen and oxygen atoms in total. The van der Waals surface area contributed by atoms with E-state index in [2.05, 4.69) is 230 Å². The zero-order valence-corrected chi connectivity index (χ0v) is 44.3. The van der Waals surface area contributed by atoms with Crippen molar-refractivity contribution in [2.45, 2.75) is 40.8 Å². The van der Waals surface area contributed by atoms with Gasteiger partial charge in [0.1, 0.15) is 0 Å². The molecule has 380 valence electrons. The summed E-state index contributed by atoms with van der Waals surface area (Å²) in [6, 6.07) is 77.2. The molecule has 79 heavy (non-hydrogen) atoms. The molecule has 13 rings (SSSR count). The monoisotopic (exact) mass is 1030 g/mol. The first kappa shape index (κ1) is 48.9. The molecule has 0 spiro atoms. The Morgan fingerprint density at radius 2 is 0.709 bits per heavy atom. The normalized spacial score (nSPS) is 11.8. The Balaban J connectivity index is 1.12. The van der Waals surface area contributed by atoms with Crippen LogP contribution in [-0.4, -0.2) is 9.13 Å². The number of aryl methyl sites for hydroxylation is 5. The zero-order valence-electron chi connectivity index (χ0n) is 44.3. The average molecular weight is 1030 g/mol. The van der Waals surface area contributed by atoms with Gasteiger partial charge in [-0.15, -0.1) is 0 Å². The van der Waals surface area contributed by atoms with Crippen molar-refractivity contribution in [1.29, 1.82) is 0 Å². The summed E-state index contributed by atoms with van der Waals surface area (Å²) in [4.78, 5) is 4.04. The van der Waals surface area contributed by atoms with Crippen molar-refractivity contribution in [1.82, 2.24) is 9.13 Å². The Morgan fingerprint density at radius 3 is 1.09 bits per heavy atom. The smallest absolute Gasteiger partial charge is 0.309 e. The molecule has 13 aromatic rings. The van der Waals surface area contributed by atoms with Crippen LogP contribution >= 0.6 is 0 Å². The first-order valence-corrected chi connectivity index (χ1v) is 26.6. The molecule has 0 atom stereocenters. The van der Waals surface area contributed by atoms with Gasteiger partial charge in [0.25, 0.3) is 0 Å². The second kappa shape index (κ2) is 19.1. The second-order valence-corrected chi connectivity index (χ2v) is 21.1. The lowest BCUT2D eigenvalue weighted by atomic mass is 9.93. The Morgan fingerprint density at radius 1 is 0.329 bits per heavy atom. The molecular formula is C73H52F3N3. The summed E-state index contributed by atoms with van der Waals surface area (Å²) >= 11 is 0. The molecule has 11 aromatic carbocycles. The largest absolute Gasteiger partial charge is 0.416 e. The lowest BCUT2D eigenvalue weighted by Gasteiger charge is -2.21. The lowest BCUT2D eigenvalue weighted by Crippen LogP contribution is -2.05. The van der Waals surface area contributed by atoms with Gasteiger partial charge in [0, 0.05) is 27.1 Å². The highest BCUT2D eigenvalue weighted by atomic mass is 19.4. The van der Waals surface area contributed by atoms with Crippen LogP contribution in [0.5, 0.6) is 0 Å². The van der Waals surface area contributed by atoms with Gasteiger partial charge in [-0.2, -0.15) is 13.2 Å². The zero-order chi connectivity index (χ0) is 54.3. The number of halogens is 3. The molecular weight excluding hydrogens is 976 g/mol. The quantitative estimate of drug-likeness (QED) is 0.135. The minimum Gasteiger partial charge on any atom is -0.309 e. The highest BCUT2D eigenvalue weighted by molar-refractivity contribution is 6.14. The van der Waals surface area contributed by atoms with Crippen LogP contribution in [0.15, 0.2) is 224 Å². The minimum atomic E-state index is -4.49. The van der Waals surface area contributed by atoms with E-state index in [1.165, 1.54) is 34.4 Å². The van der Waals surface area contributed by atoms with E-state index < -0.39 is 11.7 Å². The van der Waals surface area contributed by atoms with E-state index in [-0.39, 0.29) is 0 Å². The molecule has 0 N–H and O–H groups in total. The molecule has 0 saturated carbocycles. The molecule has 0 unspecified atom stereocenters. The summed E-state index contributed by atoms with van der Waals surface area (Å²) in [6.07, 6.45) is -4.49. The van der Waals surface area contributed by atoms with Crippen LogP contribution < -0.4 is 0 Å². The fourth-order valence-electron chi connectivity index (χ4n) is 11.9. The Kier molecular flexibility index (Phi) is 11.8. The molecule has 6 heteroatoms. The van der Waals surface area contributed by atoms with Crippen molar-refractivity contribution in [2.24, 2.45) is 0 Å². The van der Waals surface area contributed by atoms with Crippen LogP contribution in [0.1, 0.15) is 33.4 Å². The molecule has 0 saturated heterocycles. The predicted molar refractivity (Wildman–Crippen MR) is 323 cm³/mol. The number of fused-ring (bicyclic) bond motifs is 6. The van der Waals surface area contributed by atoms with Gasteiger partial charge >= 0.3 is 6.18 Å². The maximum Gasteiger partial charge on any atom is 0.416 e. The van der Waals surface area contributed by atoms with Crippen LogP contribution in [0.3, 0.4) is 0 Å². The standard InChI is InChI=1S/C73H52F3N3/c1-44-11-7-15-49(33-44)53-20-28-67-62(38-53)63-39-54(50-16-8-12-45(2)34-50)21-29-68(63)78(67)71-32-25-59(77-6)43-66(71)61-26-19-57(60-27-24-58(37-48(60)5)73(74,75)76)42-72(61)79-69-30-22-55(51-17-9-13-46(3)35-51)40-64(69)65-41-56(23-31-70(65)79)52-18-10-14-47(4)36-52/h7-43H,1-5H3. The van der Waals surface area contributed by atoms with Crippen molar-refractivity contribution in [3.05, 3.63) is 269 Å². The van der Waals surface area contributed by atoms with Crippen LogP contribution in [-0.2, 0) is 6.18 Å². The molecule has 0 aliphatic heterocycles. The van der Waals surface area contributed by atoms with Crippen LogP contribution in [0.2, 0.25) is 0 Å². The van der Waals surface area contributed by atoms with E-state index in [9.17, 15) is 13.2 Å². The van der Waals surface area contributed by atoms with E-state index in [0.717, 1.165) is 116 Å². The van der Waals surface area contributed by atoms with Crippen LogP contribution in [0.4, 0.5) is 18.9 Å². The number of hydrogen-bond acceptors (Lipinski definition) is 0. The summed E-state index contributed by atoms with van der Waals surface area (Å²) in [5.41, 5.74) is 22.6. The summed E-state index contributed by atoms with van der Waals surface area (Å²) in [7, 11) is 0. The van der Waals surface area contributed by atoms with Gasteiger partial charge in [-0.3, -0.25) is 0 Å². The van der Waals surface area contributed by atoms with E-state index >= 15 is 0 Å². The van der Waals surface area contributed by atoms with Gasteiger partial charge in [-0.25, -0.2) is 4.85 Å². The summed E-state index contributed by atoms with van der Waals surface area (Å²) < 4.78 is 47.3. The molecule has 0 aliphatic carbocycles. The molecule has 0 radical (unpaired) electrons. The molecule has 0 aliphatic rings. The first-order chi connectivity index (χ1) is 38.3. The number of alkyl halides is 3. The van der Waals surface area contributed by atoms with Gasteiger partial charge in [0.15, 0.2) is 5.69 Å². The summed E-state index contributed by atoms with van der Waals surface area (Å²) in [5, 5.41) is 4.29. The van der Waals surface area contributed by atoms with Crippen LogP contribution in [0.25, 0.3) is 127 Å². The minimum absolute atomic E-state index is 0.476. The van der Waals surface area contributed by atoms with Crippen molar-refractivity contribution in [3.8, 4) is 78.1 Å². The van der Waals surface area contributed by atoms with Crippen molar-refractivity contribution in [3.63, 3.8) is 0 Å². The van der Waals surface area contributed by atoms with E-state index in [1.807, 2.05) is 18.2 Å². The van der Waals surface area contributed by atoms with Gasteiger partial charge < -0.3 is 9.13 Å². The third-order valence-corrected chi connectivity index (χ3v) is 15.7. The molecule has 0 amide bonds. The van der Waals surface area contributed by atoms with E-state index in [4.69, 9.17) is 6.57 Å². The SMILES string of the molecule is [C-]#[N+]c1ccc(-n2c3ccc(-c4cccc(C)c4)cc3c3cc(-c4cccc(C)c4)ccc32)c(-c2ccc(-c3ccc(C(F)(F)F)cc3C)cc2-n2c3ccc(-c4cccc(C)c4)cc3c3cc(-c4cccc(C)c4)ccc32)c1. The Hall–Kier alpha value is -9.70. The third-order valence-electron chi connectivity index (χ3n) is 15.7.